The van der Waals surface area contributed by atoms with Crippen LogP contribution < -0.4 is 20.3 Å². The highest BCUT2D eigenvalue weighted by molar-refractivity contribution is 9.10. The zero-order chi connectivity index (χ0) is 24.1. The van der Waals surface area contributed by atoms with E-state index in [1.165, 1.54) is 12.4 Å². The molecule has 0 saturated heterocycles. The van der Waals surface area contributed by atoms with E-state index in [2.05, 4.69) is 41.4 Å². The van der Waals surface area contributed by atoms with Crippen molar-refractivity contribution in [3.05, 3.63) is 75.3 Å². The smallest absolute Gasteiger partial charge is 0.267 e. The first-order valence-corrected chi connectivity index (χ1v) is 11.3. The van der Waals surface area contributed by atoms with Gasteiger partial charge in [0.05, 0.1) is 27.5 Å². The van der Waals surface area contributed by atoms with Gasteiger partial charge in [-0.05, 0) is 34.1 Å². The molecule has 0 radical (unpaired) electrons. The Labute approximate surface area is 203 Å². The van der Waals surface area contributed by atoms with E-state index in [0.717, 1.165) is 16.7 Å². The van der Waals surface area contributed by atoms with Gasteiger partial charge in [-0.1, -0.05) is 12.1 Å². The molecule has 1 atom stereocenters. The van der Waals surface area contributed by atoms with Crippen LogP contribution in [-0.4, -0.2) is 44.0 Å². The number of anilines is 1. The van der Waals surface area contributed by atoms with Crippen LogP contribution in [0, 0.1) is 11.6 Å². The topological polar surface area (TPSA) is 107 Å². The monoisotopic (exact) mass is 540 g/mol. The summed E-state index contributed by atoms with van der Waals surface area (Å²) in [6.07, 6.45) is 2.55. The SMILES string of the molecule is O=c1c2c[nH]nc2c2cnc(NC[C@H]3COc4ccccc4O3)nc2n1-c1cc(F)c(Br)cc1F. The Bertz CT molecular complexity index is 1670. The Morgan fingerprint density at radius 3 is 2.86 bits per heavy atom. The molecule has 1 aliphatic rings. The molecule has 4 heterocycles. The number of aromatic amines is 1. The molecule has 0 aliphatic carbocycles. The molecule has 35 heavy (non-hydrogen) atoms. The number of ether oxygens (including phenoxy) is 2. The normalized spacial score (nSPS) is 15.0. The minimum Gasteiger partial charge on any atom is -0.486 e. The molecular formula is C23H15BrF2N6O3. The summed E-state index contributed by atoms with van der Waals surface area (Å²) in [6, 6.07) is 9.24. The van der Waals surface area contributed by atoms with Crippen LogP contribution in [-0.2, 0) is 0 Å². The Kier molecular flexibility index (Phi) is 5.10. The first-order valence-electron chi connectivity index (χ1n) is 10.5. The number of rotatable bonds is 4. The fourth-order valence-electron chi connectivity index (χ4n) is 3.95. The molecule has 6 rings (SSSR count). The molecule has 5 aromatic rings. The van der Waals surface area contributed by atoms with E-state index in [1.54, 1.807) is 0 Å². The third-order valence-corrected chi connectivity index (χ3v) is 6.20. The number of halogens is 3. The molecule has 0 unspecified atom stereocenters. The van der Waals surface area contributed by atoms with Crippen molar-refractivity contribution in [2.45, 2.75) is 6.10 Å². The average molecular weight is 541 g/mol. The highest BCUT2D eigenvalue weighted by Gasteiger charge is 2.22. The lowest BCUT2D eigenvalue weighted by atomic mass is 10.2. The third kappa shape index (κ3) is 3.66. The Morgan fingerprint density at radius 1 is 1.17 bits per heavy atom. The second-order valence-corrected chi connectivity index (χ2v) is 8.67. The molecule has 0 bridgehead atoms. The molecule has 1 aliphatic heterocycles. The predicted molar refractivity (Wildman–Crippen MR) is 127 cm³/mol. The van der Waals surface area contributed by atoms with Crippen molar-refractivity contribution in [1.29, 1.82) is 0 Å². The predicted octanol–water partition coefficient (Wildman–Crippen LogP) is 3.95. The molecule has 0 spiro atoms. The van der Waals surface area contributed by atoms with E-state index >= 15 is 0 Å². The molecule has 9 nitrogen and oxygen atoms in total. The van der Waals surface area contributed by atoms with E-state index in [-0.39, 0.29) is 33.2 Å². The van der Waals surface area contributed by atoms with Crippen LogP contribution in [0.1, 0.15) is 0 Å². The van der Waals surface area contributed by atoms with Gasteiger partial charge >= 0.3 is 0 Å². The molecule has 0 fully saturated rings. The van der Waals surface area contributed by atoms with Gasteiger partial charge in [0.2, 0.25) is 5.95 Å². The van der Waals surface area contributed by atoms with Crippen LogP contribution in [0.3, 0.4) is 0 Å². The number of hydrogen-bond acceptors (Lipinski definition) is 7. The van der Waals surface area contributed by atoms with E-state index in [1.807, 2.05) is 24.3 Å². The zero-order valence-electron chi connectivity index (χ0n) is 17.8. The maximum atomic E-state index is 14.9. The number of fused-ring (bicyclic) bond motifs is 4. The molecular weight excluding hydrogens is 526 g/mol. The molecule has 12 heteroatoms. The first kappa shape index (κ1) is 21.5. The summed E-state index contributed by atoms with van der Waals surface area (Å²) < 4.78 is 41.8. The average Bonchev–Trinajstić information content (AvgIpc) is 3.36. The fraction of sp³-hybridized carbons (Fsp3) is 0.130. The van der Waals surface area contributed by atoms with Gasteiger partial charge in [0.25, 0.3) is 5.56 Å². The maximum absolute atomic E-state index is 14.9. The highest BCUT2D eigenvalue weighted by Crippen LogP contribution is 2.31. The van der Waals surface area contributed by atoms with E-state index in [0.29, 0.717) is 35.6 Å². The quantitative estimate of drug-likeness (QED) is 0.332. The van der Waals surface area contributed by atoms with Crippen molar-refractivity contribution in [3.8, 4) is 17.2 Å². The minimum absolute atomic E-state index is 0.0613. The minimum atomic E-state index is -0.802. The van der Waals surface area contributed by atoms with Crippen molar-refractivity contribution in [1.82, 2.24) is 24.7 Å². The molecule has 0 saturated carbocycles. The standard InChI is InChI=1S/C23H15BrF2N6O3/c24-14-5-16(26)17(6-15(14)25)32-21-12(20-13(22(32)33)9-29-31-20)8-28-23(30-21)27-7-11-10-34-18-3-1-2-4-19(18)35-11/h1-6,8-9,11H,7,10H2,(H,29,31)(H,27,28,30)/t11-/m0/s1. The highest BCUT2D eigenvalue weighted by atomic mass is 79.9. The number of para-hydroxylation sites is 2. The van der Waals surface area contributed by atoms with Crippen LogP contribution >= 0.6 is 15.9 Å². The summed E-state index contributed by atoms with van der Waals surface area (Å²) in [7, 11) is 0. The number of nitrogens with zero attached hydrogens (tertiary/aromatic N) is 4. The van der Waals surface area contributed by atoms with E-state index in [4.69, 9.17) is 9.47 Å². The molecule has 2 N–H and O–H groups in total. The molecule has 2 aromatic carbocycles. The van der Waals surface area contributed by atoms with Crippen LogP contribution in [0.2, 0.25) is 0 Å². The molecule has 0 amide bonds. The summed E-state index contributed by atoms with van der Waals surface area (Å²) in [5, 5.41) is 10.4. The number of H-pyrrole nitrogens is 1. The lowest BCUT2D eigenvalue weighted by molar-refractivity contribution is 0.0996. The van der Waals surface area contributed by atoms with Gasteiger partial charge in [0, 0.05) is 18.5 Å². The summed E-state index contributed by atoms with van der Waals surface area (Å²) in [5.41, 5.74) is -0.494. The zero-order valence-corrected chi connectivity index (χ0v) is 19.3. The molecule has 176 valence electrons. The second-order valence-electron chi connectivity index (χ2n) is 7.82. The maximum Gasteiger partial charge on any atom is 0.267 e. The van der Waals surface area contributed by atoms with Crippen molar-refractivity contribution >= 4 is 43.8 Å². The number of aromatic nitrogens is 5. The van der Waals surface area contributed by atoms with Gasteiger partial charge in [-0.15, -0.1) is 0 Å². The lowest BCUT2D eigenvalue weighted by Crippen LogP contribution is -2.35. The second kappa shape index (κ2) is 8.31. The summed E-state index contributed by atoms with van der Waals surface area (Å²) >= 11 is 2.96. The Morgan fingerprint density at radius 2 is 2.00 bits per heavy atom. The Hall–Kier alpha value is -4.06. The van der Waals surface area contributed by atoms with Gasteiger partial charge in [-0.25, -0.2) is 13.8 Å². The van der Waals surface area contributed by atoms with E-state index < -0.39 is 17.2 Å². The lowest BCUT2D eigenvalue weighted by Gasteiger charge is -2.26. The van der Waals surface area contributed by atoms with Crippen LogP contribution in [0.15, 0.2) is 58.1 Å². The number of benzene rings is 2. The number of hydrogen-bond donors (Lipinski definition) is 2. The van der Waals surface area contributed by atoms with Crippen molar-refractivity contribution in [2.75, 3.05) is 18.5 Å². The van der Waals surface area contributed by atoms with Crippen LogP contribution in [0.5, 0.6) is 11.5 Å². The van der Waals surface area contributed by atoms with Gasteiger partial charge in [-0.3, -0.25) is 14.5 Å². The molecule has 3 aromatic heterocycles. The van der Waals surface area contributed by atoms with Crippen molar-refractivity contribution < 1.29 is 18.3 Å². The van der Waals surface area contributed by atoms with Crippen LogP contribution in [0.4, 0.5) is 14.7 Å². The van der Waals surface area contributed by atoms with Gasteiger partial charge in [0.15, 0.2) is 17.1 Å². The first-order chi connectivity index (χ1) is 17.0. The summed E-state index contributed by atoms with van der Waals surface area (Å²) in [5.74, 6) is -0.0603. The Balaban J connectivity index is 1.41. The van der Waals surface area contributed by atoms with E-state index in [9.17, 15) is 13.6 Å². The van der Waals surface area contributed by atoms with Crippen molar-refractivity contribution in [2.24, 2.45) is 0 Å². The summed E-state index contributed by atoms with van der Waals surface area (Å²) in [6.45, 7) is 0.621. The van der Waals surface area contributed by atoms with Gasteiger partial charge in [-0.2, -0.15) is 10.1 Å². The third-order valence-electron chi connectivity index (χ3n) is 5.60. The number of nitrogens with one attached hydrogen (secondary N) is 2. The van der Waals surface area contributed by atoms with Crippen molar-refractivity contribution in [3.63, 3.8) is 0 Å². The van der Waals surface area contributed by atoms with Gasteiger partial charge in [0.1, 0.15) is 29.9 Å². The largest absolute Gasteiger partial charge is 0.486 e. The van der Waals surface area contributed by atoms with Crippen LogP contribution in [0.25, 0.3) is 27.6 Å². The summed E-state index contributed by atoms with van der Waals surface area (Å²) in [4.78, 5) is 22.0. The van der Waals surface area contributed by atoms with Gasteiger partial charge < -0.3 is 14.8 Å². The number of pyridine rings is 1. The fourth-order valence-corrected chi connectivity index (χ4v) is 4.26.